The van der Waals surface area contributed by atoms with E-state index in [9.17, 15) is 13.6 Å². The normalized spacial score (nSPS) is 14.0. The summed E-state index contributed by atoms with van der Waals surface area (Å²) in [6.45, 7) is 4.88. The Labute approximate surface area is 178 Å². The number of rotatable bonds is 4. The predicted octanol–water partition coefficient (Wildman–Crippen LogP) is 4.39. The molecule has 3 heterocycles. The Hall–Kier alpha value is -3.68. The first kappa shape index (κ1) is 20.6. The Morgan fingerprint density at radius 3 is 2.68 bits per heavy atom. The van der Waals surface area contributed by atoms with Gasteiger partial charge >= 0.3 is 0 Å². The third-order valence-electron chi connectivity index (χ3n) is 5.31. The first-order valence-corrected chi connectivity index (χ1v) is 9.86. The maximum Gasteiger partial charge on any atom is 0.257 e. The van der Waals surface area contributed by atoms with Crippen LogP contribution in [0.15, 0.2) is 54.5 Å². The van der Waals surface area contributed by atoms with Crippen molar-refractivity contribution in [3.8, 4) is 0 Å². The van der Waals surface area contributed by atoms with Crippen LogP contribution in [-0.4, -0.2) is 33.9 Å². The highest BCUT2D eigenvalue weighted by molar-refractivity contribution is 6.04. The van der Waals surface area contributed by atoms with Crippen LogP contribution in [-0.2, 0) is 0 Å². The van der Waals surface area contributed by atoms with Crippen molar-refractivity contribution in [3.05, 3.63) is 83.0 Å². The summed E-state index contributed by atoms with van der Waals surface area (Å²) in [5, 5.41) is 2.64. The molecule has 0 aliphatic carbocycles. The van der Waals surface area contributed by atoms with E-state index >= 15 is 0 Å². The molecule has 31 heavy (non-hydrogen) atoms. The number of carbonyl (C=O) groups excluding carboxylic acids is 1. The first-order valence-electron chi connectivity index (χ1n) is 9.86. The first-order chi connectivity index (χ1) is 14.9. The maximum absolute atomic E-state index is 14.2. The number of nitrogens with one attached hydrogen (secondary N) is 1. The summed E-state index contributed by atoms with van der Waals surface area (Å²) in [6, 6.07) is 7.00. The van der Waals surface area contributed by atoms with Gasteiger partial charge in [0.15, 0.2) is 17.5 Å². The van der Waals surface area contributed by atoms with Gasteiger partial charge in [-0.05, 0) is 55.7 Å². The van der Waals surface area contributed by atoms with Crippen molar-refractivity contribution in [2.75, 3.05) is 23.3 Å². The van der Waals surface area contributed by atoms with Crippen molar-refractivity contribution >= 4 is 23.1 Å². The lowest BCUT2D eigenvalue weighted by Gasteiger charge is -2.30. The van der Waals surface area contributed by atoms with Crippen molar-refractivity contribution in [3.63, 3.8) is 0 Å². The van der Waals surface area contributed by atoms with E-state index in [4.69, 9.17) is 0 Å². The van der Waals surface area contributed by atoms with Crippen molar-refractivity contribution < 1.29 is 13.6 Å². The second-order valence-corrected chi connectivity index (χ2v) is 7.44. The van der Waals surface area contributed by atoms with Crippen LogP contribution >= 0.6 is 0 Å². The minimum atomic E-state index is -0.481. The van der Waals surface area contributed by atoms with Crippen LogP contribution in [0.5, 0.6) is 0 Å². The summed E-state index contributed by atoms with van der Waals surface area (Å²) >= 11 is 0. The van der Waals surface area contributed by atoms with Gasteiger partial charge in [0.25, 0.3) is 5.91 Å². The molecule has 0 saturated carbocycles. The van der Waals surface area contributed by atoms with Crippen LogP contribution in [0.3, 0.4) is 0 Å². The van der Waals surface area contributed by atoms with E-state index in [2.05, 4.69) is 20.3 Å². The van der Waals surface area contributed by atoms with Crippen LogP contribution in [0.1, 0.15) is 35.0 Å². The van der Waals surface area contributed by atoms with Gasteiger partial charge in [-0.2, -0.15) is 0 Å². The molecule has 0 radical (unpaired) electrons. The van der Waals surface area contributed by atoms with Crippen LogP contribution in [0.4, 0.5) is 20.4 Å². The minimum absolute atomic E-state index is 0.240. The number of benzene rings is 1. The number of nitrogens with zero attached hydrogens (tertiary/aromatic N) is 4. The quantitative estimate of drug-likeness (QED) is 0.676. The number of hydrogen-bond acceptors (Lipinski definition) is 5. The molecule has 0 unspecified atom stereocenters. The van der Waals surface area contributed by atoms with Gasteiger partial charge in [-0.3, -0.25) is 9.78 Å². The summed E-state index contributed by atoms with van der Waals surface area (Å²) in [7, 11) is 0. The SMILES string of the molecule is CC1=C(c2cnc(NC(=O)c3cc(F)ccc3C)cn2)CN(c2ncccc2F)CC1. The lowest BCUT2D eigenvalue weighted by atomic mass is 9.99. The summed E-state index contributed by atoms with van der Waals surface area (Å²) in [5.74, 6) is -0.721. The average Bonchev–Trinajstić information content (AvgIpc) is 2.77. The smallest absolute Gasteiger partial charge is 0.257 e. The average molecular weight is 421 g/mol. The van der Waals surface area contributed by atoms with Gasteiger partial charge in [0.1, 0.15) is 5.82 Å². The van der Waals surface area contributed by atoms with Gasteiger partial charge in [-0.25, -0.2) is 18.7 Å². The van der Waals surface area contributed by atoms with E-state index in [-0.39, 0.29) is 17.2 Å². The van der Waals surface area contributed by atoms with Gasteiger partial charge in [0.2, 0.25) is 0 Å². The summed E-state index contributed by atoms with van der Waals surface area (Å²) in [6.07, 6.45) is 5.36. The second kappa shape index (κ2) is 8.59. The molecule has 3 aromatic rings. The summed E-state index contributed by atoms with van der Waals surface area (Å²) in [5.41, 5.74) is 3.65. The molecule has 0 spiro atoms. The largest absolute Gasteiger partial charge is 0.349 e. The van der Waals surface area contributed by atoms with Crippen molar-refractivity contribution in [2.24, 2.45) is 0 Å². The summed E-state index contributed by atoms with van der Waals surface area (Å²) in [4.78, 5) is 27.2. The molecule has 0 atom stereocenters. The molecule has 6 nitrogen and oxygen atoms in total. The highest BCUT2D eigenvalue weighted by atomic mass is 19.1. The molecule has 1 aliphatic rings. The number of hydrogen-bond donors (Lipinski definition) is 1. The van der Waals surface area contributed by atoms with Crippen molar-refractivity contribution in [1.29, 1.82) is 0 Å². The third-order valence-corrected chi connectivity index (χ3v) is 5.31. The zero-order chi connectivity index (χ0) is 22.0. The fourth-order valence-electron chi connectivity index (χ4n) is 3.52. The predicted molar refractivity (Wildman–Crippen MR) is 115 cm³/mol. The molecule has 0 fully saturated rings. The Balaban J connectivity index is 1.51. The third kappa shape index (κ3) is 4.42. The zero-order valence-corrected chi connectivity index (χ0v) is 17.2. The molecular formula is C23H21F2N5O. The molecule has 0 bridgehead atoms. The van der Waals surface area contributed by atoms with E-state index in [0.29, 0.717) is 30.2 Å². The molecule has 1 aliphatic heterocycles. The Kier molecular flexibility index (Phi) is 5.70. The highest BCUT2D eigenvalue weighted by Crippen LogP contribution is 2.29. The zero-order valence-electron chi connectivity index (χ0n) is 17.2. The number of aromatic nitrogens is 3. The van der Waals surface area contributed by atoms with Crippen molar-refractivity contribution in [2.45, 2.75) is 20.3 Å². The minimum Gasteiger partial charge on any atom is -0.349 e. The van der Waals surface area contributed by atoms with Gasteiger partial charge in [-0.15, -0.1) is 0 Å². The number of carbonyl (C=O) groups is 1. The molecule has 1 N–H and O–H groups in total. The van der Waals surface area contributed by atoms with Gasteiger partial charge in [0.05, 0.1) is 18.1 Å². The van der Waals surface area contributed by atoms with Crippen LogP contribution in [0, 0.1) is 18.6 Å². The standard InChI is InChI=1S/C23H21F2N5O/c1-14-5-6-16(24)10-17(14)23(31)29-21-12-27-20(11-28-21)18-13-30(9-7-15(18)2)22-19(25)4-3-8-26-22/h3-6,8,10-12H,7,9,13H2,1-2H3,(H,28,29,31). The molecule has 158 valence electrons. The molecule has 1 aromatic carbocycles. The molecule has 0 saturated heterocycles. The molecular weight excluding hydrogens is 400 g/mol. The van der Waals surface area contributed by atoms with Crippen molar-refractivity contribution in [1.82, 2.24) is 15.0 Å². The Bertz CT molecular complexity index is 1160. The molecule has 8 heteroatoms. The van der Waals surface area contributed by atoms with E-state index in [1.54, 1.807) is 31.5 Å². The number of aryl methyl sites for hydroxylation is 1. The van der Waals surface area contributed by atoms with Crippen LogP contribution in [0.25, 0.3) is 5.57 Å². The van der Waals surface area contributed by atoms with Gasteiger partial charge in [0, 0.05) is 24.8 Å². The number of anilines is 2. The topological polar surface area (TPSA) is 71.0 Å². The van der Waals surface area contributed by atoms with Gasteiger partial charge in [-0.1, -0.05) is 11.6 Å². The summed E-state index contributed by atoms with van der Waals surface area (Å²) < 4.78 is 27.6. The number of halogens is 2. The molecule has 1 amide bonds. The molecule has 4 rings (SSSR count). The maximum atomic E-state index is 14.2. The van der Waals surface area contributed by atoms with Crippen LogP contribution < -0.4 is 10.2 Å². The monoisotopic (exact) mass is 421 g/mol. The Morgan fingerprint density at radius 1 is 1.10 bits per heavy atom. The van der Waals surface area contributed by atoms with Gasteiger partial charge < -0.3 is 10.2 Å². The number of amides is 1. The van der Waals surface area contributed by atoms with Crippen LogP contribution in [0.2, 0.25) is 0 Å². The Morgan fingerprint density at radius 2 is 1.94 bits per heavy atom. The lowest BCUT2D eigenvalue weighted by molar-refractivity contribution is 0.102. The second-order valence-electron chi connectivity index (χ2n) is 7.44. The van der Waals surface area contributed by atoms with E-state index < -0.39 is 11.7 Å². The fourth-order valence-corrected chi connectivity index (χ4v) is 3.52. The highest BCUT2D eigenvalue weighted by Gasteiger charge is 2.22. The molecule has 2 aromatic heterocycles. The van der Waals surface area contributed by atoms with E-state index in [0.717, 1.165) is 17.6 Å². The van der Waals surface area contributed by atoms with E-state index in [1.807, 2.05) is 11.8 Å². The fraction of sp³-hybridized carbons (Fsp3) is 0.217. The number of pyridine rings is 1. The lowest BCUT2D eigenvalue weighted by Crippen LogP contribution is -2.32. The van der Waals surface area contributed by atoms with E-state index in [1.165, 1.54) is 24.4 Å².